The third kappa shape index (κ3) is 4.58. The zero-order valence-electron chi connectivity index (χ0n) is 13.6. The van der Waals surface area contributed by atoms with Crippen LogP contribution in [0.2, 0.25) is 0 Å². The predicted octanol–water partition coefficient (Wildman–Crippen LogP) is 2.79. The van der Waals surface area contributed by atoms with Crippen molar-refractivity contribution < 1.29 is 24.2 Å². The lowest BCUT2D eigenvalue weighted by atomic mass is 10.1. The average Bonchev–Trinajstić information content (AvgIpc) is 2.62. The Balaban J connectivity index is 1.69. The number of morpholine rings is 1. The van der Waals surface area contributed by atoms with Crippen LogP contribution in [-0.2, 0) is 9.53 Å². The van der Waals surface area contributed by atoms with Crippen molar-refractivity contribution in [1.29, 1.82) is 0 Å². The second-order valence-electron chi connectivity index (χ2n) is 5.78. The lowest BCUT2D eigenvalue weighted by Gasteiger charge is -2.32. The van der Waals surface area contributed by atoms with Gasteiger partial charge in [0.15, 0.2) is 0 Å². The molecule has 1 atom stereocenters. The van der Waals surface area contributed by atoms with Crippen LogP contribution in [0.3, 0.4) is 0 Å². The van der Waals surface area contributed by atoms with E-state index in [0.717, 1.165) is 0 Å². The molecule has 130 valence electrons. The van der Waals surface area contributed by atoms with Crippen molar-refractivity contribution in [3.63, 3.8) is 0 Å². The van der Waals surface area contributed by atoms with Crippen LogP contribution < -0.4 is 4.74 Å². The first-order chi connectivity index (χ1) is 12.1. The van der Waals surface area contributed by atoms with Crippen molar-refractivity contribution in [1.82, 2.24) is 4.90 Å². The van der Waals surface area contributed by atoms with E-state index < -0.39 is 12.1 Å². The van der Waals surface area contributed by atoms with Gasteiger partial charge in [0.05, 0.1) is 19.1 Å². The van der Waals surface area contributed by atoms with Crippen molar-refractivity contribution in [3.8, 4) is 11.5 Å². The molecule has 0 aliphatic carbocycles. The molecular formula is C19H19NO5. The zero-order valence-corrected chi connectivity index (χ0v) is 13.6. The number of carbonyl (C=O) groups excluding carboxylic acids is 1. The largest absolute Gasteiger partial charge is 0.481 e. The van der Waals surface area contributed by atoms with Crippen LogP contribution in [-0.4, -0.2) is 47.7 Å². The summed E-state index contributed by atoms with van der Waals surface area (Å²) >= 11 is 0. The van der Waals surface area contributed by atoms with E-state index in [2.05, 4.69) is 0 Å². The van der Waals surface area contributed by atoms with E-state index >= 15 is 0 Å². The first kappa shape index (κ1) is 17.0. The molecule has 25 heavy (non-hydrogen) atoms. The Labute approximate surface area is 145 Å². The summed E-state index contributed by atoms with van der Waals surface area (Å²) in [4.78, 5) is 25.2. The lowest BCUT2D eigenvalue weighted by molar-refractivity contribution is -0.141. The van der Waals surface area contributed by atoms with Crippen LogP contribution in [0, 0.1) is 0 Å². The zero-order chi connectivity index (χ0) is 17.6. The van der Waals surface area contributed by atoms with Gasteiger partial charge >= 0.3 is 5.97 Å². The Morgan fingerprint density at radius 2 is 1.88 bits per heavy atom. The summed E-state index contributed by atoms with van der Waals surface area (Å²) in [5.74, 6) is 0.183. The molecule has 0 spiro atoms. The van der Waals surface area contributed by atoms with E-state index in [9.17, 15) is 9.59 Å². The normalized spacial score (nSPS) is 17.1. The molecule has 2 aromatic carbocycles. The number of para-hydroxylation sites is 1. The number of benzene rings is 2. The number of carboxylic acids is 1. The van der Waals surface area contributed by atoms with Crippen molar-refractivity contribution in [2.75, 3.05) is 19.7 Å². The molecule has 0 aromatic heterocycles. The van der Waals surface area contributed by atoms with Gasteiger partial charge in [-0.3, -0.25) is 9.59 Å². The third-order valence-electron chi connectivity index (χ3n) is 3.89. The Morgan fingerprint density at radius 1 is 1.12 bits per heavy atom. The predicted molar refractivity (Wildman–Crippen MR) is 90.9 cm³/mol. The monoisotopic (exact) mass is 341 g/mol. The Hall–Kier alpha value is -2.86. The second kappa shape index (κ2) is 7.81. The highest BCUT2D eigenvalue weighted by atomic mass is 16.5. The topological polar surface area (TPSA) is 76.1 Å². The van der Waals surface area contributed by atoms with Crippen LogP contribution in [0.5, 0.6) is 11.5 Å². The fraction of sp³-hybridized carbons (Fsp3) is 0.263. The summed E-state index contributed by atoms with van der Waals surface area (Å²) < 4.78 is 11.2. The van der Waals surface area contributed by atoms with Gasteiger partial charge in [-0.15, -0.1) is 0 Å². The molecule has 0 radical (unpaired) electrons. The SMILES string of the molecule is O=C(O)CC1CN(C(=O)c2cccc(Oc3ccccc3)c2)CCO1. The van der Waals surface area contributed by atoms with E-state index in [0.29, 0.717) is 30.2 Å². The highest BCUT2D eigenvalue weighted by Crippen LogP contribution is 2.23. The van der Waals surface area contributed by atoms with Crippen LogP contribution >= 0.6 is 0 Å². The van der Waals surface area contributed by atoms with Gasteiger partial charge in [0.2, 0.25) is 0 Å². The number of carbonyl (C=O) groups is 2. The maximum atomic E-state index is 12.7. The van der Waals surface area contributed by atoms with Crippen molar-refractivity contribution in [2.45, 2.75) is 12.5 Å². The van der Waals surface area contributed by atoms with Crippen LogP contribution in [0.4, 0.5) is 0 Å². The maximum Gasteiger partial charge on any atom is 0.306 e. The molecule has 1 aliphatic rings. The maximum absolute atomic E-state index is 12.7. The quantitative estimate of drug-likeness (QED) is 0.905. The molecule has 6 nitrogen and oxygen atoms in total. The number of carboxylic acid groups (broad SMARTS) is 1. The van der Waals surface area contributed by atoms with Crippen molar-refractivity contribution >= 4 is 11.9 Å². The van der Waals surface area contributed by atoms with Gasteiger partial charge in [-0.2, -0.15) is 0 Å². The minimum atomic E-state index is -0.933. The van der Waals surface area contributed by atoms with Gasteiger partial charge in [-0.05, 0) is 30.3 Å². The third-order valence-corrected chi connectivity index (χ3v) is 3.89. The molecule has 1 aliphatic heterocycles. The van der Waals surface area contributed by atoms with Crippen LogP contribution in [0.25, 0.3) is 0 Å². The minimum Gasteiger partial charge on any atom is -0.481 e. The van der Waals surface area contributed by atoms with Gasteiger partial charge in [-0.25, -0.2) is 0 Å². The number of aliphatic carboxylic acids is 1. The molecule has 0 bridgehead atoms. The molecule has 1 fully saturated rings. The lowest BCUT2D eigenvalue weighted by Crippen LogP contribution is -2.46. The minimum absolute atomic E-state index is 0.110. The fourth-order valence-electron chi connectivity index (χ4n) is 2.72. The van der Waals surface area contributed by atoms with Gasteiger partial charge in [0.1, 0.15) is 11.5 Å². The number of amides is 1. The molecule has 1 saturated heterocycles. The van der Waals surface area contributed by atoms with Crippen LogP contribution in [0.15, 0.2) is 54.6 Å². The second-order valence-corrected chi connectivity index (χ2v) is 5.78. The van der Waals surface area contributed by atoms with Crippen molar-refractivity contribution in [2.24, 2.45) is 0 Å². The van der Waals surface area contributed by atoms with Gasteiger partial charge in [0.25, 0.3) is 5.91 Å². The Kier molecular flexibility index (Phi) is 5.30. The Bertz CT molecular complexity index is 746. The number of ether oxygens (including phenoxy) is 2. The summed E-state index contributed by atoms with van der Waals surface area (Å²) in [6.07, 6.45) is -0.583. The summed E-state index contributed by atoms with van der Waals surface area (Å²) in [6, 6.07) is 16.3. The smallest absolute Gasteiger partial charge is 0.306 e. The molecule has 1 unspecified atom stereocenters. The van der Waals surface area contributed by atoms with Crippen LogP contribution in [0.1, 0.15) is 16.8 Å². The number of hydrogen-bond acceptors (Lipinski definition) is 4. The van der Waals surface area contributed by atoms with E-state index in [1.54, 1.807) is 29.2 Å². The first-order valence-corrected chi connectivity index (χ1v) is 8.07. The first-order valence-electron chi connectivity index (χ1n) is 8.07. The highest BCUT2D eigenvalue weighted by molar-refractivity contribution is 5.94. The summed E-state index contributed by atoms with van der Waals surface area (Å²) in [6.45, 7) is 1.05. The van der Waals surface area contributed by atoms with Crippen molar-refractivity contribution in [3.05, 3.63) is 60.2 Å². The molecular weight excluding hydrogens is 322 g/mol. The summed E-state index contributed by atoms with van der Waals surface area (Å²) in [7, 11) is 0. The molecule has 1 N–H and O–H groups in total. The molecule has 1 heterocycles. The number of nitrogens with zero attached hydrogens (tertiary/aromatic N) is 1. The molecule has 6 heteroatoms. The van der Waals surface area contributed by atoms with E-state index in [1.165, 1.54) is 0 Å². The van der Waals surface area contributed by atoms with Gasteiger partial charge < -0.3 is 19.5 Å². The highest BCUT2D eigenvalue weighted by Gasteiger charge is 2.26. The Morgan fingerprint density at radius 3 is 2.64 bits per heavy atom. The van der Waals surface area contributed by atoms with Gasteiger partial charge in [-0.1, -0.05) is 24.3 Å². The summed E-state index contributed by atoms with van der Waals surface area (Å²) in [5.41, 5.74) is 0.504. The van der Waals surface area contributed by atoms with E-state index in [-0.39, 0.29) is 18.9 Å². The molecule has 3 rings (SSSR count). The number of hydrogen-bond donors (Lipinski definition) is 1. The standard InChI is InChI=1S/C19H19NO5/c21-18(22)12-17-13-20(9-10-24-17)19(23)14-5-4-8-16(11-14)25-15-6-2-1-3-7-15/h1-8,11,17H,9-10,12-13H2,(H,21,22). The molecule has 1 amide bonds. The van der Waals surface area contributed by atoms with E-state index in [1.807, 2.05) is 30.3 Å². The van der Waals surface area contributed by atoms with Gasteiger partial charge in [0, 0.05) is 18.7 Å². The van der Waals surface area contributed by atoms with E-state index in [4.69, 9.17) is 14.6 Å². The molecule has 0 saturated carbocycles. The number of rotatable bonds is 5. The average molecular weight is 341 g/mol. The molecule has 2 aromatic rings. The fourth-order valence-corrected chi connectivity index (χ4v) is 2.72. The summed E-state index contributed by atoms with van der Waals surface area (Å²) in [5, 5.41) is 8.88.